The summed E-state index contributed by atoms with van der Waals surface area (Å²) in [5.74, 6) is 0.872. The second-order valence-electron chi connectivity index (χ2n) is 6.92. The first-order valence-electron chi connectivity index (χ1n) is 8.62. The van der Waals surface area contributed by atoms with Gasteiger partial charge in [0.2, 0.25) is 0 Å². The van der Waals surface area contributed by atoms with E-state index in [0.717, 1.165) is 36.5 Å². The Bertz CT molecular complexity index is 940. The van der Waals surface area contributed by atoms with Crippen molar-refractivity contribution in [3.05, 3.63) is 77.4 Å². The van der Waals surface area contributed by atoms with Crippen LogP contribution in [-0.2, 0) is 13.1 Å². The molecule has 25 heavy (non-hydrogen) atoms. The highest BCUT2D eigenvalue weighted by molar-refractivity contribution is 5.78. The molecule has 1 atom stereocenters. The lowest BCUT2D eigenvalue weighted by Gasteiger charge is -2.33. The van der Waals surface area contributed by atoms with Gasteiger partial charge in [-0.3, -0.25) is 4.90 Å². The van der Waals surface area contributed by atoms with Crippen LogP contribution >= 0.6 is 0 Å². The molecule has 0 radical (unpaired) electrons. The van der Waals surface area contributed by atoms with Crippen molar-refractivity contribution in [2.45, 2.75) is 33.0 Å². The predicted molar refractivity (Wildman–Crippen MR) is 99.0 cm³/mol. The molecule has 3 aromatic rings. The van der Waals surface area contributed by atoms with Crippen LogP contribution in [0.2, 0.25) is 0 Å². The van der Waals surface area contributed by atoms with Crippen LogP contribution in [0.1, 0.15) is 28.6 Å². The molecule has 0 saturated heterocycles. The minimum absolute atomic E-state index is 0.191. The van der Waals surface area contributed by atoms with E-state index in [1.54, 1.807) is 0 Å². The Morgan fingerprint density at radius 1 is 1.20 bits per heavy atom. The second kappa shape index (κ2) is 6.12. The molecule has 1 aliphatic rings. The first-order valence-corrected chi connectivity index (χ1v) is 8.62. The van der Waals surface area contributed by atoms with Gasteiger partial charge in [-0.1, -0.05) is 18.2 Å². The minimum atomic E-state index is -0.195. The predicted octanol–water partition coefficient (Wildman–Crippen LogP) is 4.54. The highest BCUT2D eigenvalue weighted by atomic mass is 19.1. The van der Waals surface area contributed by atoms with E-state index in [1.807, 2.05) is 18.2 Å². The zero-order valence-electron chi connectivity index (χ0n) is 14.7. The number of hydrogen-bond acceptors (Lipinski definition) is 2. The third kappa shape index (κ3) is 2.87. The number of hydrogen-bond donors (Lipinski definition) is 0. The molecule has 4 heteroatoms. The Hall–Kier alpha value is -2.46. The summed E-state index contributed by atoms with van der Waals surface area (Å²) in [6, 6.07) is 11.3. The largest absolute Gasteiger partial charge is 0.319 e. The molecule has 0 fully saturated rings. The first kappa shape index (κ1) is 16.0. The van der Waals surface area contributed by atoms with Crippen LogP contribution in [0.5, 0.6) is 0 Å². The van der Waals surface area contributed by atoms with Gasteiger partial charge >= 0.3 is 0 Å². The van der Waals surface area contributed by atoms with E-state index in [0.29, 0.717) is 0 Å². The number of aromatic nitrogens is 2. The van der Waals surface area contributed by atoms with Crippen molar-refractivity contribution in [3.63, 3.8) is 0 Å². The summed E-state index contributed by atoms with van der Waals surface area (Å²) in [6.45, 7) is 10.8. The minimum Gasteiger partial charge on any atom is -0.319 e. The Labute approximate surface area is 147 Å². The molecule has 0 aliphatic carbocycles. The van der Waals surface area contributed by atoms with Crippen molar-refractivity contribution < 1.29 is 4.39 Å². The number of rotatable bonds is 3. The normalized spacial score (nSPS) is 17.6. The van der Waals surface area contributed by atoms with E-state index in [-0.39, 0.29) is 11.9 Å². The molecule has 4 rings (SSSR count). The lowest BCUT2D eigenvalue weighted by molar-refractivity contribution is 0.194. The molecule has 0 N–H and O–H groups in total. The highest BCUT2D eigenvalue weighted by Gasteiger charge is 2.26. The number of aryl methyl sites for hydroxylation is 2. The number of fused-ring (bicyclic) bond motifs is 3. The second-order valence-corrected chi connectivity index (χ2v) is 6.92. The summed E-state index contributed by atoms with van der Waals surface area (Å²) in [6.07, 6.45) is 2.00. The van der Waals surface area contributed by atoms with E-state index in [1.165, 1.54) is 28.8 Å². The lowest BCUT2D eigenvalue weighted by Crippen LogP contribution is -2.36. The van der Waals surface area contributed by atoms with Crippen molar-refractivity contribution in [1.29, 1.82) is 0 Å². The fraction of sp³-hybridized carbons (Fsp3) is 0.286. The van der Waals surface area contributed by atoms with Crippen LogP contribution in [0.15, 0.2) is 49.1 Å². The van der Waals surface area contributed by atoms with E-state index < -0.39 is 0 Å². The Morgan fingerprint density at radius 3 is 2.64 bits per heavy atom. The van der Waals surface area contributed by atoms with Gasteiger partial charge in [0, 0.05) is 13.1 Å². The lowest BCUT2D eigenvalue weighted by atomic mass is 10.1. The maximum absolute atomic E-state index is 13.1. The third-order valence-corrected chi connectivity index (χ3v) is 5.11. The van der Waals surface area contributed by atoms with E-state index >= 15 is 0 Å². The van der Waals surface area contributed by atoms with Crippen LogP contribution in [0.4, 0.5) is 4.39 Å². The van der Waals surface area contributed by atoms with Crippen molar-refractivity contribution in [3.8, 4) is 0 Å². The van der Waals surface area contributed by atoms with Crippen LogP contribution in [0.25, 0.3) is 11.0 Å². The Balaban J connectivity index is 1.70. The Morgan fingerprint density at radius 2 is 1.92 bits per heavy atom. The van der Waals surface area contributed by atoms with E-state index in [9.17, 15) is 4.39 Å². The summed E-state index contributed by atoms with van der Waals surface area (Å²) >= 11 is 0. The number of imidazole rings is 1. The van der Waals surface area contributed by atoms with E-state index in [4.69, 9.17) is 4.98 Å². The van der Waals surface area contributed by atoms with Gasteiger partial charge in [0.15, 0.2) is 0 Å². The summed E-state index contributed by atoms with van der Waals surface area (Å²) < 4.78 is 15.4. The van der Waals surface area contributed by atoms with Crippen molar-refractivity contribution >= 4 is 11.0 Å². The number of benzene rings is 2. The molecule has 0 spiro atoms. The van der Waals surface area contributed by atoms with Gasteiger partial charge in [-0.15, -0.1) is 6.58 Å². The van der Waals surface area contributed by atoms with Crippen LogP contribution in [0, 0.1) is 19.7 Å². The molecule has 2 heterocycles. The van der Waals surface area contributed by atoms with Gasteiger partial charge in [-0.05, 0) is 54.8 Å². The molecule has 3 nitrogen and oxygen atoms in total. The van der Waals surface area contributed by atoms with Gasteiger partial charge < -0.3 is 4.57 Å². The average molecular weight is 335 g/mol. The maximum Gasteiger partial charge on any atom is 0.124 e. The van der Waals surface area contributed by atoms with Crippen molar-refractivity contribution in [2.75, 3.05) is 6.54 Å². The molecule has 128 valence electrons. The third-order valence-electron chi connectivity index (χ3n) is 5.11. The molecule has 0 saturated carbocycles. The molecule has 0 amide bonds. The van der Waals surface area contributed by atoms with E-state index in [2.05, 4.69) is 42.0 Å². The average Bonchev–Trinajstić information content (AvgIpc) is 2.94. The van der Waals surface area contributed by atoms with Crippen LogP contribution in [-0.4, -0.2) is 21.0 Å². The zero-order chi connectivity index (χ0) is 17.6. The molecule has 0 unspecified atom stereocenters. The standard InChI is InChI=1S/C21H22FN3/c1-4-18-12-24(11-16-5-7-17(22)8-6-16)13-21-23-19-9-14(2)15(3)10-20(19)25(18)21/h4-10,18H,1,11-13H2,2-3H3/t18-/m0/s1. The van der Waals surface area contributed by atoms with Gasteiger partial charge in [-0.2, -0.15) is 0 Å². The van der Waals surface area contributed by atoms with Crippen LogP contribution < -0.4 is 0 Å². The van der Waals surface area contributed by atoms with Gasteiger partial charge in [0.1, 0.15) is 11.6 Å². The number of halogens is 1. The monoisotopic (exact) mass is 335 g/mol. The fourth-order valence-electron chi connectivity index (χ4n) is 3.64. The molecular weight excluding hydrogens is 313 g/mol. The topological polar surface area (TPSA) is 21.1 Å². The molecule has 2 aromatic carbocycles. The van der Waals surface area contributed by atoms with Crippen molar-refractivity contribution in [1.82, 2.24) is 14.5 Å². The van der Waals surface area contributed by atoms with Crippen molar-refractivity contribution in [2.24, 2.45) is 0 Å². The fourth-order valence-corrected chi connectivity index (χ4v) is 3.64. The summed E-state index contributed by atoms with van der Waals surface area (Å²) in [5.41, 5.74) is 5.89. The molecule has 0 bridgehead atoms. The molecule has 1 aromatic heterocycles. The zero-order valence-corrected chi connectivity index (χ0v) is 14.7. The van der Waals surface area contributed by atoms with Gasteiger partial charge in [0.05, 0.1) is 23.6 Å². The van der Waals surface area contributed by atoms with Crippen LogP contribution in [0.3, 0.4) is 0 Å². The molecular formula is C21H22FN3. The highest BCUT2D eigenvalue weighted by Crippen LogP contribution is 2.30. The quantitative estimate of drug-likeness (QED) is 0.656. The number of nitrogens with zero attached hydrogens (tertiary/aromatic N) is 3. The summed E-state index contributed by atoms with van der Waals surface area (Å²) in [5, 5.41) is 0. The maximum atomic E-state index is 13.1. The summed E-state index contributed by atoms with van der Waals surface area (Å²) in [7, 11) is 0. The summed E-state index contributed by atoms with van der Waals surface area (Å²) in [4.78, 5) is 7.22. The first-order chi connectivity index (χ1) is 12.0. The Kier molecular flexibility index (Phi) is 3.92. The SMILES string of the molecule is C=C[C@H]1CN(Cc2ccc(F)cc2)Cc2nc3cc(C)c(C)cc3n21. The van der Waals surface area contributed by atoms with Gasteiger partial charge in [0.25, 0.3) is 0 Å². The van der Waals surface area contributed by atoms with Gasteiger partial charge in [-0.25, -0.2) is 9.37 Å². The smallest absolute Gasteiger partial charge is 0.124 e. The molecule has 1 aliphatic heterocycles.